The van der Waals surface area contributed by atoms with Gasteiger partial charge < -0.3 is 18.2 Å². The van der Waals surface area contributed by atoms with Crippen molar-refractivity contribution >= 4 is 5.91 Å². The molecular formula is C15H15N3O5. The van der Waals surface area contributed by atoms with E-state index >= 15 is 0 Å². The van der Waals surface area contributed by atoms with E-state index < -0.39 is 5.76 Å². The van der Waals surface area contributed by atoms with E-state index in [4.69, 9.17) is 13.3 Å². The zero-order valence-corrected chi connectivity index (χ0v) is 12.7. The molecule has 3 rings (SSSR count). The summed E-state index contributed by atoms with van der Waals surface area (Å²) in [5, 5.41) is 3.96. The summed E-state index contributed by atoms with van der Waals surface area (Å²) in [5.74, 6) is 0.802. The molecule has 0 N–H and O–H groups in total. The summed E-state index contributed by atoms with van der Waals surface area (Å²) in [5.41, 5.74) is 0. The maximum Gasteiger partial charge on any atom is 0.437 e. The maximum atomic E-state index is 12.2. The minimum Gasteiger partial charge on any atom is -0.464 e. The van der Waals surface area contributed by atoms with Crippen LogP contribution in [0.3, 0.4) is 0 Å². The number of amides is 1. The van der Waals surface area contributed by atoms with Gasteiger partial charge in [0.25, 0.3) is 5.89 Å². The van der Waals surface area contributed by atoms with Gasteiger partial charge in [0.1, 0.15) is 18.1 Å². The standard InChI is InChI=1S/C15H15N3O5/c1-10-5-6-11(22-10)8-17(2)13(19)9-18-15(20)23-14(16-18)12-4-3-7-21-12/h3-7H,8-9H2,1-2H3. The highest BCUT2D eigenvalue weighted by Crippen LogP contribution is 2.15. The minimum absolute atomic E-state index is 0.0390. The summed E-state index contributed by atoms with van der Waals surface area (Å²) in [7, 11) is 1.62. The normalized spacial score (nSPS) is 10.9. The molecule has 0 aliphatic carbocycles. The van der Waals surface area contributed by atoms with Crippen LogP contribution in [0.25, 0.3) is 11.7 Å². The summed E-state index contributed by atoms with van der Waals surface area (Å²) in [6.07, 6.45) is 1.44. The van der Waals surface area contributed by atoms with Crippen LogP contribution in [0.4, 0.5) is 0 Å². The van der Waals surface area contributed by atoms with Crippen LogP contribution >= 0.6 is 0 Å². The molecule has 120 valence electrons. The number of hydrogen-bond donors (Lipinski definition) is 0. The van der Waals surface area contributed by atoms with Crippen molar-refractivity contribution in [1.29, 1.82) is 0 Å². The summed E-state index contributed by atoms with van der Waals surface area (Å²) in [6.45, 7) is 1.92. The van der Waals surface area contributed by atoms with Gasteiger partial charge in [0.05, 0.1) is 12.8 Å². The van der Waals surface area contributed by atoms with Crippen LogP contribution in [-0.2, 0) is 17.9 Å². The van der Waals surface area contributed by atoms with Crippen LogP contribution in [-0.4, -0.2) is 27.6 Å². The van der Waals surface area contributed by atoms with Gasteiger partial charge in [-0.25, -0.2) is 4.79 Å². The summed E-state index contributed by atoms with van der Waals surface area (Å²) < 4.78 is 16.5. The molecular weight excluding hydrogens is 302 g/mol. The second-order valence-electron chi connectivity index (χ2n) is 5.07. The van der Waals surface area contributed by atoms with Gasteiger partial charge in [0.15, 0.2) is 5.76 Å². The van der Waals surface area contributed by atoms with Crippen molar-refractivity contribution in [3.05, 3.63) is 52.6 Å². The number of nitrogens with zero attached hydrogens (tertiary/aromatic N) is 3. The largest absolute Gasteiger partial charge is 0.464 e. The van der Waals surface area contributed by atoms with Crippen molar-refractivity contribution in [1.82, 2.24) is 14.7 Å². The van der Waals surface area contributed by atoms with Crippen molar-refractivity contribution in [2.24, 2.45) is 0 Å². The molecule has 1 amide bonds. The molecule has 0 spiro atoms. The van der Waals surface area contributed by atoms with E-state index in [1.165, 1.54) is 11.2 Å². The second kappa shape index (κ2) is 5.99. The zero-order chi connectivity index (χ0) is 16.4. The lowest BCUT2D eigenvalue weighted by molar-refractivity contribution is -0.131. The number of carbonyl (C=O) groups excluding carboxylic acids is 1. The van der Waals surface area contributed by atoms with Crippen LogP contribution in [0.5, 0.6) is 0 Å². The molecule has 3 heterocycles. The van der Waals surface area contributed by atoms with E-state index in [9.17, 15) is 9.59 Å². The number of hydrogen-bond acceptors (Lipinski definition) is 6. The van der Waals surface area contributed by atoms with Gasteiger partial charge in [0.2, 0.25) is 5.91 Å². The van der Waals surface area contributed by atoms with Crippen LogP contribution in [0.15, 0.2) is 48.6 Å². The molecule has 0 radical (unpaired) electrons. The molecule has 0 fully saturated rings. The van der Waals surface area contributed by atoms with Crippen LogP contribution in [0.1, 0.15) is 11.5 Å². The van der Waals surface area contributed by atoms with Crippen molar-refractivity contribution in [3.63, 3.8) is 0 Å². The smallest absolute Gasteiger partial charge is 0.437 e. The average Bonchev–Trinajstić information content (AvgIpc) is 3.22. The van der Waals surface area contributed by atoms with Crippen LogP contribution in [0.2, 0.25) is 0 Å². The Hall–Kier alpha value is -3.03. The highest BCUT2D eigenvalue weighted by atomic mass is 16.4. The van der Waals surface area contributed by atoms with Crippen molar-refractivity contribution in [2.45, 2.75) is 20.0 Å². The predicted molar refractivity (Wildman–Crippen MR) is 78.4 cm³/mol. The van der Waals surface area contributed by atoms with Crippen LogP contribution in [0, 0.1) is 6.92 Å². The Morgan fingerprint density at radius 3 is 2.78 bits per heavy atom. The number of furan rings is 2. The van der Waals surface area contributed by atoms with E-state index in [1.54, 1.807) is 25.2 Å². The Bertz CT molecular complexity index is 856. The topological polar surface area (TPSA) is 94.6 Å². The third-order valence-electron chi connectivity index (χ3n) is 3.24. The Labute approximate surface area is 130 Å². The van der Waals surface area contributed by atoms with Gasteiger partial charge in [-0.3, -0.25) is 4.79 Å². The molecule has 0 aliphatic rings. The Morgan fingerprint density at radius 2 is 2.13 bits per heavy atom. The lowest BCUT2D eigenvalue weighted by atomic mass is 10.4. The Morgan fingerprint density at radius 1 is 1.30 bits per heavy atom. The first-order valence-corrected chi connectivity index (χ1v) is 6.94. The maximum absolute atomic E-state index is 12.2. The van der Waals surface area contributed by atoms with Crippen LogP contribution < -0.4 is 5.76 Å². The van der Waals surface area contributed by atoms with Crippen molar-refractivity contribution in [2.75, 3.05) is 7.05 Å². The molecule has 8 nitrogen and oxygen atoms in total. The van der Waals surface area contributed by atoms with Gasteiger partial charge in [-0.1, -0.05) is 0 Å². The molecule has 23 heavy (non-hydrogen) atoms. The van der Waals surface area contributed by atoms with Crippen molar-refractivity contribution in [3.8, 4) is 11.7 Å². The number of likely N-dealkylation sites (N-methyl/N-ethyl adjacent to an activating group) is 1. The summed E-state index contributed by atoms with van der Waals surface area (Å²) in [6, 6.07) is 6.89. The minimum atomic E-state index is -0.716. The molecule has 0 bridgehead atoms. The first-order valence-electron chi connectivity index (χ1n) is 6.94. The monoisotopic (exact) mass is 317 g/mol. The molecule has 8 heteroatoms. The highest BCUT2D eigenvalue weighted by Gasteiger charge is 2.17. The molecule has 0 unspecified atom stereocenters. The van der Waals surface area contributed by atoms with Crippen molar-refractivity contribution < 1.29 is 18.0 Å². The zero-order valence-electron chi connectivity index (χ0n) is 12.7. The van der Waals surface area contributed by atoms with E-state index in [1.807, 2.05) is 13.0 Å². The molecule has 3 aromatic heterocycles. The third-order valence-corrected chi connectivity index (χ3v) is 3.24. The quantitative estimate of drug-likeness (QED) is 0.710. The average molecular weight is 317 g/mol. The molecule has 0 atom stereocenters. The number of aromatic nitrogens is 2. The van der Waals surface area contributed by atoms with E-state index in [0.717, 1.165) is 10.4 Å². The third kappa shape index (κ3) is 3.25. The van der Waals surface area contributed by atoms with Gasteiger partial charge in [-0.2, -0.15) is 4.68 Å². The molecule has 0 saturated carbocycles. The number of carbonyl (C=O) groups is 1. The fourth-order valence-corrected chi connectivity index (χ4v) is 2.05. The van der Waals surface area contributed by atoms with E-state index in [-0.39, 0.29) is 18.3 Å². The van der Waals surface area contributed by atoms with Gasteiger partial charge in [-0.05, 0) is 31.2 Å². The fraction of sp³-hybridized carbons (Fsp3) is 0.267. The second-order valence-corrected chi connectivity index (χ2v) is 5.07. The lowest BCUT2D eigenvalue weighted by Gasteiger charge is -2.14. The molecule has 0 aliphatic heterocycles. The summed E-state index contributed by atoms with van der Waals surface area (Å²) in [4.78, 5) is 25.4. The lowest BCUT2D eigenvalue weighted by Crippen LogP contribution is -2.32. The SMILES string of the molecule is Cc1ccc(CN(C)C(=O)Cn2nc(-c3ccco3)oc2=O)o1. The first-order chi connectivity index (χ1) is 11.0. The van der Waals surface area contributed by atoms with Gasteiger partial charge >= 0.3 is 5.76 Å². The van der Waals surface area contributed by atoms with E-state index in [0.29, 0.717) is 18.1 Å². The fourth-order valence-electron chi connectivity index (χ4n) is 2.05. The Kier molecular flexibility index (Phi) is 3.88. The summed E-state index contributed by atoms with van der Waals surface area (Å²) >= 11 is 0. The van der Waals surface area contributed by atoms with E-state index in [2.05, 4.69) is 5.10 Å². The Balaban J connectivity index is 1.69. The number of rotatable bonds is 5. The molecule has 0 saturated heterocycles. The van der Waals surface area contributed by atoms with Gasteiger partial charge in [-0.15, -0.1) is 5.10 Å². The number of aryl methyl sites for hydroxylation is 1. The van der Waals surface area contributed by atoms with Gasteiger partial charge in [0, 0.05) is 7.05 Å². The molecule has 3 aromatic rings. The molecule has 0 aromatic carbocycles. The first kappa shape index (κ1) is 14.9. The predicted octanol–water partition coefficient (Wildman–Crippen LogP) is 1.66. The highest BCUT2D eigenvalue weighted by molar-refractivity contribution is 5.75.